The lowest BCUT2D eigenvalue weighted by Gasteiger charge is -2.36. The van der Waals surface area contributed by atoms with Gasteiger partial charge in [-0.3, -0.25) is 19.2 Å². The molecule has 208 valence electrons. The van der Waals surface area contributed by atoms with Gasteiger partial charge in [0.25, 0.3) is 11.8 Å². The largest absolute Gasteiger partial charge is 0.459 e. The van der Waals surface area contributed by atoms with Crippen LogP contribution in [-0.4, -0.2) is 58.8 Å². The minimum Gasteiger partial charge on any atom is -0.459 e. The van der Waals surface area contributed by atoms with Crippen molar-refractivity contribution in [3.8, 4) is 5.75 Å². The molecule has 0 N–H and O–H groups in total. The Kier molecular flexibility index (Phi) is 9.83. The van der Waals surface area contributed by atoms with Gasteiger partial charge in [0.05, 0.1) is 25.3 Å². The van der Waals surface area contributed by atoms with Crippen molar-refractivity contribution < 1.29 is 32.2 Å². The third kappa shape index (κ3) is 6.68. The summed E-state index contributed by atoms with van der Waals surface area (Å²) in [6.07, 6.45) is 3.08. The van der Waals surface area contributed by atoms with Crippen LogP contribution in [0, 0.1) is 0 Å². The molecule has 2 aromatic rings. The summed E-state index contributed by atoms with van der Waals surface area (Å²) in [5, 5.41) is 4.57. The first-order chi connectivity index (χ1) is 17.7. The number of benzene rings is 1. The molecule has 8 nitrogen and oxygen atoms in total. The van der Waals surface area contributed by atoms with Crippen molar-refractivity contribution in [3.63, 3.8) is 0 Å². The summed E-state index contributed by atoms with van der Waals surface area (Å²) in [5.74, 6) is -0.609. The van der Waals surface area contributed by atoms with Crippen molar-refractivity contribution in [2.45, 2.75) is 63.8 Å². The highest BCUT2D eigenvalue weighted by molar-refractivity contribution is 6.01. The van der Waals surface area contributed by atoms with Crippen LogP contribution in [0.3, 0.4) is 0 Å². The van der Waals surface area contributed by atoms with Gasteiger partial charge in [-0.05, 0) is 31.9 Å². The highest BCUT2D eigenvalue weighted by atomic mass is 35.5. The maximum atomic E-state index is 13.8. The lowest BCUT2D eigenvalue weighted by atomic mass is 9.93. The molecule has 12 heteroatoms. The Bertz CT molecular complexity index is 1150. The van der Waals surface area contributed by atoms with Gasteiger partial charge in [-0.1, -0.05) is 31.4 Å². The fourth-order valence-electron chi connectivity index (χ4n) is 4.78. The first-order valence-electron chi connectivity index (χ1n) is 12.4. The number of anilines is 1. The zero-order valence-corrected chi connectivity index (χ0v) is 22.1. The van der Waals surface area contributed by atoms with Gasteiger partial charge in [0, 0.05) is 31.5 Å². The zero-order valence-electron chi connectivity index (χ0n) is 21.3. The summed E-state index contributed by atoms with van der Waals surface area (Å²) in [4.78, 5) is 29.6. The van der Waals surface area contributed by atoms with Crippen molar-refractivity contribution >= 4 is 30.0 Å². The molecule has 1 unspecified atom stereocenters. The molecule has 0 spiro atoms. The summed E-state index contributed by atoms with van der Waals surface area (Å²) in [5.41, 5.74) is -0.932. The Morgan fingerprint density at radius 1 is 1.18 bits per heavy atom. The molecule has 38 heavy (non-hydrogen) atoms. The van der Waals surface area contributed by atoms with E-state index in [2.05, 4.69) is 5.10 Å². The van der Waals surface area contributed by atoms with Crippen LogP contribution in [0.2, 0.25) is 0 Å². The number of amides is 2. The van der Waals surface area contributed by atoms with E-state index in [4.69, 9.17) is 9.47 Å². The molecule has 0 radical (unpaired) electrons. The number of para-hydroxylation sites is 1. The Morgan fingerprint density at radius 2 is 1.89 bits per heavy atom. The number of rotatable bonds is 9. The highest BCUT2D eigenvalue weighted by Crippen LogP contribution is 2.37. The fraction of sp³-hybridized carbons (Fsp3) is 0.500. The van der Waals surface area contributed by atoms with Crippen LogP contribution in [0.4, 0.5) is 19.0 Å². The number of aromatic nitrogens is 2. The summed E-state index contributed by atoms with van der Waals surface area (Å²) in [6.45, 7) is 2.52. The van der Waals surface area contributed by atoms with Crippen molar-refractivity contribution in [1.82, 2.24) is 14.7 Å². The van der Waals surface area contributed by atoms with Gasteiger partial charge < -0.3 is 14.4 Å². The minimum atomic E-state index is -4.60. The van der Waals surface area contributed by atoms with Gasteiger partial charge in [0.15, 0.2) is 5.82 Å². The number of halogens is 4. The van der Waals surface area contributed by atoms with Crippen LogP contribution in [-0.2, 0) is 27.0 Å². The maximum Gasteiger partial charge on any atom is 0.419 e. The van der Waals surface area contributed by atoms with Crippen LogP contribution < -0.4 is 9.64 Å². The number of methoxy groups -OCH3 is 1. The average Bonchev–Trinajstić information content (AvgIpc) is 3.49. The third-order valence-corrected chi connectivity index (χ3v) is 6.73. The van der Waals surface area contributed by atoms with Crippen molar-refractivity contribution in [3.05, 3.63) is 53.9 Å². The Hall–Kier alpha value is -3.05. The van der Waals surface area contributed by atoms with Gasteiger partial charge in [-0.15, -0.1) is 12.4 Å². The molecule has 2 amide bonds. The minimum absolute atomic E-state index is 0. The number of hydrogen-bond donors (Lipinski definition) is 0. The highest BCUT2D eigenvalue weighted by Gasteiger charge is 2.39. The number of hydrogen-bond acceptors (Lipinski definition) is 5. The van der Waals surface area contributed by atoms with Crippen LogP contribution >= 0.6 is 12.4 Å². The lowest BCUT2D eigenvalue weighted by molar-refractivity contribution is -0.138. The summed E-state index contributed by atoms with van der Waals surface area (Å²) >= 11 is 0. The van der Waals surface area contributed by atoms with E-state index in [1.807, 2.05) is 0 Å². The first-order valence-corrected chi connectivity index (χ1v) is 12.4. The smallest absolute Gasteiger partial charge is 0.419 e. The SMILES string of the molecule is COCCn1ccc(N(C(=O)C(C)N2CC(Oc3ccccc3C(F)(F)F)=CC2=O)C2CCCCC2)n1.Cl. The van der Waals surface area contributed by atoms with Crippen LogP contribution in [0.15, 0.2) is 48.4 Å². The second kappa shape index (κ2) is 12.7. The van der Waals surface area contributed by atoms with E-state index in [-0.39, 0.29) is 42.4 Å². The predicted molar refractivity (Wildman–Crippen MR) is 137 cm³/mol. The fourth-order valence-corrected chi connectivity index (χ4v) is 4.78. The molecule has 2 heterocycles. The molecule has 0 bridgehead atoms. The third-order valence-electron chi connectivity index (χ3n) is 6.73. The van der Waals surface area contributed by atoms with Gasteiger partial charge in [-0.25, -0.2) is 0 Å². The number of ether oxygens (including phenoxy) is 2. The van der Waals surface area contributed by atoms with E-state index in [0.717, 1.165) is 44.2 Å². The second-order valence-corrected chi connectivity index (χ2v) is 9.28. The van der Waals surface area contributed by atoms with E-state index < -0.39 is 23.7 Å². The molecular formula is C26H32ClF3N4O4. The molecular weight excluding hydrogens is 525 g/mol. The maximum absolute atomic E-state index is 13.8. The standard InChI is InChI=1S/C26H31F3N4O4.ClH/c1-18(32-17-20(16-24(32)34)37-22-11-7-6-10-21(22)26(27,28)29)25(35)33(19-8-4-3-5-9-19)23-12-13-31(30-23)14-15-36-2;/h6-7,10-13,16,18-19H,3-5,8-9,14-15,17H2,1-2H3;1H. The Balaban J connectivity index is 0.00000400. The van der Waals surface area contributed by atoms with Crippen LogP contribution in [0.25, 0.3) is 0 Å². The van der Waals surface area contributed by atoms with E-state index in [1.54, 1.807) is 35.9 Å². The Morgan fingerprint density at radius 3 is 2.58 bits per heavy atom. The molecule has 1 atom stereocenters. The molecule has 2 aliphatic rings. The van der Waals surface area contributed by atoms with Crippen LogP contribution in [0.5, 0.6) is 5.75 Å². The van der Waals surface area contributed by atoms with E-state index >= 15 is 0 Å². The van der Waals surface area contributed by atoms with Gasteiger partial charge in [0.2, 0.25) is 0 Å². The monoisotopic (exact) mass is 556 g/mol. The molecule has 1 aromatic carbocycles. The van der Waals surface area contributed by atoms with E-state index in [1.165, 1.54) is 23.1 Å². The predicted octanol–water partition coefficient (Wildman–Crippen LogP) is 4.83. The van der Waals surface area contributed by atoms with E-state index in [0.29, 0.717) is 19.0 Å². The Labute approximate surface area is 225 Å². The quantitative estimate of drug-likeness (QED) is 0.442. The lowest BCUT2D eigenvalue weighted by Crippen LogP contribution is -2.52. The number of alkyl halides is 3. The molecule has 4 rings (SSSR count). The topological polar surface area (TPSA) is 76.9 Å². The van der Waals surface area contributed by atoms with Gasteiger partial charge in [0.1, 0.15) is 17.6 Å². The molecule has 1 aliphatic carbocycles. The molecule has 0 saturated heterocycles. The van der Waals surface area contributed by atoms with Crippen molar-refractivity contribution in [2.75, 3.05) is 25.2 Å². The van der Waals surface area contributed by atoms with Crippen LogP contribution in [0.1, 0.15) is 44.6 Å². The number of nitrogens with zero attached hydrogens (tertiary/aromatic N) is 4. The molecule has 1 aromatic heterocycles. The van der Waals surface area contributed by atoms with Crippen molar-refractivity contribution in [2.24, 2.45) is 0 Å². The number of carbonyl (C=O) groups is 2. The number of carbonyl (C=O) groups excluding carboxylic acids is 2. The molecule has 1 aliphatic heterocycles. The summed E-state index contributed by atoms with van der Waals surface area (Å²) in [6, 6.07) is 5.69. The first kappa shape index (κ1) is 29.5. The summed E-state index contributed by atoms with van der Waals surface area (Å²) in [7, 11) is 1.60. The molecule has 1 saturated carbocycles. The summed E-state index contributed by atoms with van der Waals surface area (Å²) < 4.78 is 52.4. The normalized spacial score (nSPS) is 17.1. The second-order valence-electron chi connectivity index (χ2n) is 9.28. The van der Waals surface area contributed by atoms with Crippen molar-refractivity contribution in [1.29, 1.82) is 0 Å². The average molecular weight is 557 g/mol. The molecule has 1 fully saturated rings. The van der Waals surface area contributed by atoms with Gasteiger partial charge in [-0.2, -0.15) is 18.3 Å². The van der Waals surface area contributed by atoms with Gasteiger partial charge >= 0.3 is 6.18 Å². The van der Waals surface area contributed by atoms with E-state index in [9.17, 15) is 22.8 Å². The zero-order chi connectivity index (χ0) is 26.6.